The van der Waals surface area contributed by atoms with Crippen LogP contribution in [0.4, 0.5) is 0 Å². The molecule has 0 N–H and O–H groups in total. The Bertz CT molecular complexity index is 2490. The molecule has 9 rings (SSSR count). The van der Waals surface area contributed by atoms with Gasteiger partial charge in [-0.05, 0) is 50.2 Å². The van der Waals surface area contributed by atoms with Crippen molar-refractivity contribution < 1.29 is 4.42 Å². The van der Waals surface area contributed by atoms with Gasteiger partial charge in [0, 0.05) is 21.9 Å². The largest absolute Gasteiger partial charge is 0.452 e. The molecule has 0 spiro atoms. The zero-order valence-corrected chi connectivity index (χ0v) is 23.2. The van der Waals surface area contributed by atoms with Gasteiger partial charge in [0.25, 0.3) is 0 Å². The second-order valence-corrected chi connectivity index (χ2v) is 11.0. The Kier molecular flexibility index (Phi) is 5.20. The number of fused-ring (bicyclic) bond motifs is 8. The summed E-state index contributed by atoms with van der Waals surface area (Å²) in [4.78, 5) is 10.5. The lowest BCUT2D eigenvalue weighted by Gasteiger charge is -2.13. The molecule has 0 bridgehead atoms. The summed E-state index contributed by atoms with van der Waals surface area (Å²) in [7, 11) is 0. The lowest BCUT2D eigenvalue weighted by molar-refractivity contribution is 0.667. The molecule has 43 heavy (non-hydrogen) atoms. The van der Waals surface area contributed by atoms with Crippen LogP contribution in [-0.2, 0) is 0 Å². The number of furan rings is 1. The van der Waals surface area contributed by atoms with Gasteiger partial charge in [-0.3, -0.25) is 0 Å². The zero-order chi connectivity index (χ0) is 28.3. The van der Waals surface area contributed by atoms with Crippen molar-refractivity contribution in [3.05, 3.63) is 146 Å². The van der Waals surface area contributed by atoms with E-state index in [0.29, 0.717) is 11.4 Å². The molecule has 2 aromatic heterocycles. The summed E-state index contributed by atoms with van der Waals surface area (Å²) in [6.07, 6.45) is 0. The smallest absolute Gasteiger partial charge is 0.180 e. The Labute approximate surface area is 247 Å². The first-order valence-electron chi connectivity index (χ1n) is 14.5. The lowest BCUT2D eigenvalue weighted by Crippen LogP contribution is -1.95. The van der Waals surface area contributed by atoms with Gasteiger partial charge in [-0.2, -0.15) is 0 Å². The van der Waals surface area contributed by atoms with Gasteiger partial charge in [0.1, 0.15) is 16.8 Å². The number of rotatable bonds is 3. The minimum absolute atomic E-state index is 0.687. The molecule has 0 aliphatic heterocycles. The first-order chi connectivity index (χ1) is 21.3. The fourth-order valence-corrected chi connectivity index (χ4v) is 6.42. The maximum absolute atomic E-state index is 6.43. The zero-order valence-electron chi connectivity index (χ0n) is 23.2. The fraction of sp³-hybridized carbons (Fsp3) is 0. The molecule has 0 aliphatic carbocycles. The molecule has 0 atom stereocenters. The Morgan fingerprint density at radius 3 is 1.88 bits per heavy atom. The summed E-state index contributed by atoms with van der Waals surface area (Å²) in [5.74, 6) is 0.687. The van der Waals surface area contributed by atoms with Gasteiger partial charge >= 0.3 is 0 Å². The molecule has 2 heterocycles. The average molecular weight is 549 g/mol. The first kappa shape index (κ1) is 23.9. The van der Waals surface area contributed by atoms with E-state index in [1.54, 1.807) is 0 Å². The average Bonchev–Trinajstić information content (AvgIpc) is 3.46. The Morgan fingerprint density at radius 2 is 1.05 bits per heavy atom. The normalized spacial score (nSPS) is 11.7. The Balaban J connectivity index is 1.35. The highest BCUT2D eigenvalue weighted by molar-refractivity contribution is 6.23. The third-order valence-electron chi connectivity index (χ3n) is 8.48. The van der Waals surface area contributed by atoms with Gasteiger partial charge in [-0.1, -0.05) is 133 Å². The summed E-state index contributed by atoms with van der Waals surface area (Å²) in [6.45, 7) is 0. The van der Waals surface area contributed by atoms with Crippen LogP contribution in [0, 0.1) is 0 Å². The monoisotopic (exact) mass is 548 g/mol. The molecule has 0 saturated carbocycles. The van der Waals surface area contributed by atoms with E-state index in [1.165, 1.54) is 27.1 Å². The maximum atomic E-state index is 6.43. The lowest BCUT2D eigenvalue weighted by atomic mass is 9.93. The predicted octanol–water partition coefficient (Wildman–Crippen LogP) is 10.8. The van der Waals surface area contributed by atoms with Gasteiger partial charge in [0.05, 0.1) is 0 Å². The molecule has 200 valence electrons. The van der Waals surface area contributed by atoms with Crippen molar-refractivity contribution in [3.63, 3.8) is 0 Å². The number of hydrogen-bond acceptors (Lipinski definition) is 3. The van der Waals surface area contributed by atoms with Crippen molar-refractivity contribution >= 4 is 54.4 Å². The van der Waals surface area contributed by atoms with Crippen molar-refractivity contribution in [1.29, 1.82) is 0 Å². The maximum Gasteiger partial charge on any atom is 0.180 e. The SMILES string of the molecule is c1ccc(-c2ccc(-c3nc(-c4cccc5ccc6ccc7ccccc7c6c45)nc4c3oc3ccccc34)cc2)cc1. The second-order valence-electron chi connectivity index (χ2n) is 11.0. The van der Waals surface area contributed by atoms with Crippen LogP contribution in [-0.4, -0.2) is 9.97 Å². The summed E-state index contributed by atoms with van der Waals surface area (Å²) in [6, 6.07) is 50.9. The third-order valence-corrected chi connectivity index (χ3v) is 8.48. The van der Waals surface area contributed by atoms with E-state index in [2.05, 4.69) is 121 Å². The van der Waals surface area contributed by atoms with E-state index in [1.807, 2.05) is 24.3 Å². The standard InChI is InChI=1S/C40H24N2O/c1-2-9-25(10-3-1)26-17-23-30(24-18-26)37-39-38(32-14-6-7-16-34(32)43-39)42-40(41-37)33-15-8-12-28-21-22-29-20-19-27-11-4-5-13-31(27)35(29)36(28)33/h1-24H. The molecule has 0 saturated heterocycles. The molecule has 3 nitrogen and oxygen atoms in total. The van der Waals surface area contributed by atoms with E-state index in [4.69, 9.17) is 14.4 Å². The van der Waals surface area contributed by atoms with E-state index in [0.717, 1.165) is 49.6 Å². The predicted molar refractivity (Wildman–Crippen MR) is 178 cm³/mol. The van der Waals surface area contributed by atoms with Crippen LogP contribution in [0.5, 0.6) is 0 Å². The number of aromatic nitrogens is 2. The van der Waals surface area contributed by atoms with Gasteiger partial charge < -0.3 is 4.42 Å². The quantitative estimate of drug-likeness (QED) is 0.206. The van der Waals surface area contributed by atoms with Crippen molar-refractivity contribution in [3.8, 4) is 33.8 Å². The van der Waals surface area contributed by atoms with Gasteiger partial charge in [-0.15, -0.1) is 0 Å². The highest BCUT2D eigenvalue weighted by Crippen LogP contribution is 2.40. The van der Waals surface area contributed by atoms with Crippen LogP contribution in [0.1, 0.15) is 0 Å². The highest BCUT2D eigenvalue weighted by Gasteiger charge is 2.20. The van der Waals surface area contributed by atoms with Crippen LogP contribution in [0.25, 0.3) is 88.2 Å². The van der Waals surface area contributed by atoms with E-state index in [-0.39, 0.29) is 0 Å². The molecule has 7 aromatic carbocycles. The molecule has 0 unspecified atom stereocenters. The molecular weight excluding hydrogens is 524 g/mol. The molecule has 0 radical (unpaired) electrons. The summed E-state index contributed by atoms with van der Waals surface area (Å²) in [5.41, 5.74) is 7.46. The number of benzene rings is 7. The first-order valence-corrected chi connectivity index (χ1v) is 14.5. The van der Waals surface area contributed by atoms with Crippen LogP contribution in [0.15, 0.2) is 150 Å². The number of nitrogens with zero attached hydrogens (tertiary/aromatic N) is 2. The summed E-state index contributed by atoms with van der Waals surface area (Å²) in [5, 5.41) is 8.17. The van der Waals surface area contributed by atoms with Crippen molar-refractivity contribution in [2.24, 2.45) is 0 Å². The molecule has 0 fully saturated rings. The fourth-order valence-electron chi connectivity index (χ4n) is 6.42. The molecule has 9 aromatic rings. The minimum Gasteiger partial charge on any atom is -0.452 e. The summed E-state index contributed by atoms with van der Waals surface area (Å²) < 4.78 is 6.43. The Morgan fingerprint density at radius 1 is 0.419 bits per heavy atom. The van der Waals surface area contributed by atoms with Crippen molar-refractivity contribution in [2.45, 2.75) is 0 Å². The van der Waals surface area contributed by atoms with Gasteiger partial charge in [-0.25, -0.2) is 9.97 Å². The minimum atomic E-state index is 0.687. The topological polar surface area (TPSA) is 38.9 Å². The van der Waals surface area contributed by atoms with Crippen LogP contribution in [0.3, 0.4) is 0 Å². The van der Waals surface area contributed by atoms with Gasteiger partial charge in [0.15, 0.2) is 11.4 Å². The number of para-hydroxylation sites is 1. The Hall–Kier alpha value is -5.80. The van der Waals surface area contributed by atoms with Gasteiger partial charge in [0.2, 0.25) is 0 Å². The molecule has 0 aliphatic rings. The number of hydrogen-bond donors (Lipinski definition) is 0. The third kappa shape index (κ3) is 3.75. The van der Waals surface area contributed by atoms with E-state index >= 15 is 0 Å². The summed E-state index contributed by atoms with van der Waals surface area (Å²) >= 11 is 0. The highest BCUT2D eigenvalue weighted by atomic mass is 16.3. The van der Waals surface area contributed by atoms with E-state index in [9.17, 15) is 0 Å². The molecular formula is C40H24N2O. The molecule has 3 heteroatoms. The van der Waals surface area contributed by atoms with Crippen molar-refractivity contribution in [2.75, 3.05) is 0 Å². The van der Waals surface area contributed by atoms with E-state index < -0.39 is 0 Å². The van der Waals surface area contributed by atoms with Crippen LogP contribution >= 0.6 is 0 Å². The van der Waals surface area contributed by atoms with Crippen LogP contribution in [0.2, 0.25) is 0 Å². The van der Waals surface area contributed by atoms with Crippen LogP contribution < -0.4 is 0 Å². The second kappa shape index (κ2) is 9.37. The molecule has 0 amide bonds. The van der Waals surface area contributed by atoms with Crippen molar-refractivity contribution in [1.82, 2.24) is 9.97 Å².